The normalized spacial score (nSPS) is 19.0. The van der Waals surface area contributed by atoms with Crippen molar-refractivity contribution in [1.82, 2.24) is 10.6 Å². The van der Waals surface area contributed by atoms with Gasteiger partial charge in [0.25, 0.3) is 0 Å². The number of alkyl carbamates (subject to hydrolysis) is 1. The molecule has 35 heavy (non-hydrogen) atoms. The zero-order valence-electron chi connectivity index (χ0n) is 20.1. The Hall–Kier alpha value is -3.39. The minimum absolute atomic E-state index is 0.0682. The average Bonchev–Trinajstić information content (AvgIpc) is 3.48. The van der Waals surface area contributed by atoms with E-state index in [0.29, 0.717) is 19.3 Å². The van der Waals surface area contributed by atoms with Gasteiger partial charge in [-0.25, -0.2) is 4.79 Å². The molecule has 2 amide bonds. The van der Waals surface area contributed by atoms with E-state index in [2.05, 4.69) is 34.9 Å². The standard InChI is InChI=1S/C27H32N2O6/c1-3-27(4-2,25(32)28-14-18-13-17(15-34-18)24(30)31)29-26(33)35-16-23-21-11-7-5-9-19(21)20-10-6-8-12-22(20)23/h5-12,17-18,23H,3-4,13-16H2,1-2H3,(H,28,32)(H,29,33)(H,30,31)/t17-,18-/m0/s1. The lowest BCUT2D eigenvalue weighted by atomic mass is 9.91. The Morgan fingerprint density at radius 2 is 1.63 bits per heavy atom. The predicted octanol–water partition coefficient (Wildman–Crippen LogP) is 3.69. The van der Waals surface area contributed by atoms with E-state index < -0.39 is 23.5 Å². The topological polar surface area (TPSA) is 114 Å². The Morgan fingerprint density at radius 3 is 2.17 bits per heavy atom. The number of rotatable bonds is 9. The molecule has 0 bridgehead atoms. The monoisotopic (exact) mass is 480 g/mol. The van der Waals surface area contributed by atoms with E-state index in [9.17, 15) is 14.4 Å². The van der Waals surface area contributed by atoms with Crippen LogP contribution in [0.25, 0.3) is 11.1 Å². The molecular weight excluding hydrogens is 448 g/mol. The minimum Gasteiger partial charge on any atom is -0.481 e. The van der Waals surface area contributed by atoms with E-state index in [1.165, 1.54) is 0 Å². The van der Waals surface area contributed by atoms with Gasteiger partial charge in [-0.05, 0) is 41.5 Å². The fourth-order valence-corrected chi connectivity index (χ4v) is 5.03. The van der Waals surface area contributed by atoms with Crippen molar-refractivity contribution in [3.05, 3.63) is 59.7 Å². The molecule has 1 heterocycles. The van der Waals surface area contributed by atoms with Gasteiger partial charge in [-0.3, -0.25) is 9.59 Å². The van der Waals surface area contributed by atoms with E-state index in [0.717, 1.165) is 22.3 Å². The van der Waals surface area contributed by atoms with Crippen molar-refractivity contribution in [2.45, 2.75) is 50.7 Å². The van der Waals surface area contributed by atoms with Crippen LogP contribution >= 0.6 is 0 Å². The summed E-state index contributed by atoms with van der Waals surface area (Å²) in [4.78, 5) is 37.0. The summed E-state index contributed by atoms with van der Waals surface area (Å²) in [5.74, 6) is -1.86. The molecule has 0 spiro atoms. The van der Waals surface area contributed by atoms with Crippen LogP contribution in [0.15, 0.2) is 48.5 Å². The summed E-state index contributed by atoms with van der Waals surface area (Å²) < 4.78 is 11.1. The maximum Gasteiger partial charge on any atom is 0.408 e. The van der Waals surface area contributed by atoms with Crippen LogP contribution in [-0.2, 0) is 19.1 Å². The van der Waals surface area contributed by atoms with Crippen LogP contribution in [-0.4, -0.2) is 54.5 Å². The molecule has 0 radical (unpaired) electrons. The number of carboxylic acid groups (broad SMARTS) is 1. The summed E-state index contributed by atoms with van der Waals surface area (Å²) in [6.45, 7) is 4.16. The lowest BCUT2D eigenvalue weighted by Gasteiger charge is -2.31. The molecule has 4 rings (SSSR count). The van der Waals surface area contributed by atoms with E-state index in [-0.39, 0.29) is 37.7 Å². The number of fused-ring (bicyclic) bond motifs is 3. The predicted molar refractivity (Wildman–Crippen MR) is 130 cm³/mol. The molecule has 1 aliphatic heterocycles. The lowest BCUT2D eigenvalue weighted by molar-refractivity contribution is -0.141. The van der Waals surface area contributed by atoms with Gasteiger partial charge in [-0.15, -0.1) is 0 Å². The van der Waals surface area contributed by atoms with Crippen molar-refractivity contribution in [1.29, 1.82) is 0 Å². The lowest BCUT2D eigenvalue weighted by Crippen LogP contribution is -2.59. The van der Waals surface area contributed by atoms with Crippen molar-refractivity contribution in [3.8, 4) is 11.1 Å². The van der Waals surface area contributed by atoms with Crippen molar-refractivity contribution >= 4 is 18.0 Å². The van der Waals surface area contributed by atoms with Gasteiger partial charge in [0, 0.05) is 12.5 Å². The smallest absolute Gasteiger partial charge is 0.408 e. The van der Waals surface area contributed by atoms with E-state index >= 15 is 0 Å². The van der Waals surface area contributed by atoms with Crippen molar-refractivity contribution in [2.24, 2.45) is 5.92 Å². The molecule has 2 aliphatic rings. The number of benzene rings is 2. The maximum atomic E-state index is 13.1. The van der Waals surface area contributed by atoms with Gasteiger partial charge in [-0.1, -0.05) is 62.4 Å². The number of carboxylic acids is 1. The fourth-order valence-electron chi connectivity index (χ4n) is 5.03. The van der Waals surface area contributed by atoms with E-state index in [4.69, 9.17) is 14.6 Å². The largest absolute Gasteiger partial charge is 0.481 e. The van der Waals surface area contributed by atoms with Crippen LogP contribution in [0.5, 0.6) is 0 Å². The number of amides is 2. The molecule has 1 aliphatic carbocycles. The fraction of sp³-hybridized carbons (Fsp3) is 0.444. The molecule has 186 valence electrons. The molecule has 0 unspecified atom stereocenters. The molecule has 2 atom stereocenters. The number of hydrogen-bond donors (Lipinski definition) is 3. The highest BCUT2D eigenvalue weighted by Crippen LogP contribution is 2.44. The second-order valence-corrected chi connectivity index (χ2v) is 9.18. The average molecular weight is 481 g/mol. The molecule has 3 N–H and O–H groups in total. The molecule has 2 aromatic rings. The van der Waals surface area contributed by atoms with Gasteiger partial charge in [0.15, 0.2) is 0 Å². The van der Waals surface area contributed by atoms with Gasteiger partial charge in [-0.2, -0.15) is 0 Å². The van der Waals surface area contributed by atoms with Crippen molar-refractivity contribution < 1.29 is 29.0 Å². The summed E-state index contributed by atoms with van der Waals surface area (Å²) in [5.41, 5.74) is 3.40. The van der Waals surface area contributed by atoms with Crippen molar-refractivity contribution in [3.63, 3.8) is 0 Å². The van der Waals surface area contributed by atoms with Crippen LogP contribution in [0, 0.1) is 5.92 Å². The van der Waals surface area contributed by atoms with Gasteiger partial charge >= 0.3 is 12.1 Å². The number of hydrogen-bond acceptors (Lipinski definition) is 5. The first-order chi connectivity index (χ1) is 16.9. The third-order valence-electron chi connectivity index (χ3n) is 7.25. The molecule has 1 saturated heterocycles. The zero-order valence-corrected chi connectivity index (χ0v) is 20.1. The van der Waals surface area contributed by atoms with Gasteiger partial charge in [0.1, 0.15) is 12.1 Å². The molecule has 8 nitrogen and oxygen atoms in total. The number of carbonyl (C=O) groups excluding carboxylic acids is 2. The quantitative estimate of drug-likeness (QED) is 0.504. The third kappa shape index (κ3) is 5.03. The molecule has 8 heteroatoms. The van der Waals surface area contributed by atoms with Gasteiger partial charge in [0.05, 0.1) is 18.6 Å². The zero-order chi connectivity index (χ0) is 25.0. The first kappa shape index (κ1) is 24.7. The Morgan fingerprint density at radius 1 is 1.03 bits per heavy atom. The highest BCUT2D eigenvalue weighted by molar-refractivity contribution is 5.90. The Balaban J connectivity index is 1.37. The second kappa shape index (κ2) is 10.5. The van der Waals surface area contributed by atoms with Crippen LogP contribution in [0.2, 0.25) is 0 Å². The summed E-state index contributed by atoms with van der Waals surface area (Å²) in [6, 6.07) is 16.2. The molecule has 1 fully saturated rings. The van der Waals surface area contributed by atoms with Crippen LogP contribution in [0.3, 0.4) is 0 Å². The minimum atomic E-state index is -1.13. The van der Waals surface area contributed by atoms with E-state index in [1.54, 1.807) is 0 Å². The Labute approximate surface area is 205 Å². The molecule has 0 saturated carbocycles. The summed E-state index contributed by atoms with van der Waals surface area (Å²) in [6.07, 6.45) is 0.0985. The number of nitrogens with one attached hydrogen (secondary N) is 2. The second-order valence-electron chi connectivity index (χ2n) is 9.18. The third-order valence-corrected chi connectivity index (χ3v) is 7.25. The van der Waals surface area contributed by atoms with Crippen molar-refractivity contribution in [2.75, 3.05) is 19.8 Å². The van der Waals surface area contributed by atoms with Crippen LogP contribution in [0.1, 0.15) is 50.2 Å². The van der Waals surface area contributed by atoms with E-state index in [1.807, 2.05) is 38.1 Å². The molecular formula is C27H32N2O6. The number of ether oxygens (including phenoxy) is 2. The maximum absolute atomic E-state index is 13.1. The summed E-state index contributed by atoms with van der Waals surface area (Å²) in [7, 11) is 0. The number of carbonyl (C=O) groups is 3. The SMILES string of the molecule is CCC(CC)(NC(=O)OCC1c2ccccc2-c2ccccc21)C(=O)NC[C@@H]1C[C@H](C(=O)O)CO1. The van der Waals surface area contributed by atoms with Crippen LogP contribution in [0.4, 0.5) is 4.79 Å². The highest BCUT2D eigenvalue weighted by atomic mass is 16.5. The summed E-state index contributed by atoms with van der Waals surface area (Å²) in [5, 5.41) is 14.7. The summed E-state index contributed by atoms with van der Waals surface area (Å²) >= 11 is 0. The molecule has 2 aromatic carbocycles. The first-order valence-corrected chi connectivity index (χ1v) is 12.1. The van der Waals surface area contributed by atoms with Crippen LogP contribution < -0.4 is 10.6 Å². The highest BCUT2D eigenvalue weighted by Gasteiger charge is 2.39. The van der Waals surface area contributed by atoms with Gasteiger partial charge in [0.2, 0.25) is 5.91 Å². The Bertz CT molecular complexity index is 1050. The first-order valence-electron chi connectivity index (χ1n) is 12.1. The van der Waals surface area contributed by atoms with Gasteiger partial charge < -0.3 is 25.2 Å². The molecule has 0 aromatic heterocycles. The number of aliphatic carboxylic acids is 1. The Kier molecular flexibility index (Phi) is 7.40.